The Hall–Kier alpha value is -2.14. The molecule has 0 saturated heterocycles. The number of hydrogen-bond acceptors (Lipinski definition) is 2. The van der Waals surface area contributed by atoms with Crippen molar-refractivity contribution in [2.24, 2.45) is 0 Å². The summed E-state index contributed by atoms with van der Waals surface area (Å²) in [5.74, 6) is -0.00613. The molecule has 5 nitrogen and oxygen atoms in total. The maximum absolute atomic E-state index is 13.0. The summed E-state index contributed by atoms with van der Waals surface area (Å²) >= 11 is 0. The predicted octanol–water partition coefficient (Wildman–Crippen LogP) is 2.07. The van der Waals surface area contributed by atoms with Crippen LogP contribution in [0.3, 0.4) is 0 Å². The topological polar surface area (TPSA) is 51.4 Å². The van der Waals surface area contributed by atoms with Crippen molar-refractivity contribution in [2.45, 2.75) is 51.5 Å². The highest BCUT2D eigenvalue weighted by atomic mass is 16.1. The minimum atomic E-state index is -0.00613. The van der Waals surface area contributed by atoms with Crippen LogP contribution in [0.15, 0.2) is 30.3 Å². The Morgan fingerprint density at radius 3 is 2.42 bits per heavy atom. The van der Waals surface area contributed by atoms with E-state index in [1.54, 1.807) is 0 Å². The van der Waals surface area contributed by atoms with Gasteiger partial charge in [-0.15, -0.1) is 0 Å². The van der Waals surface area contributed by atoms with Gasteiger partial charge in [-0.1, -0.05) is 24.6 Å². The summed E-state index contributed by atoms with van der Waals surface area (Å²) in [7, 11) is 4.42. The zero-order valence-electron chi connectivity index (χ0n) is 16.4. The summed E-state index contributed by atoms with van der Waals surface area (Å²) in [4.78, 5) is 14.4. The molecule has 26 heavy (non-hydrogen) atoms. The molecule has 1 heterocycles. The van der Waals surface area contributed by atoms with Crippen LogP contribution in [0.2, 0.25) is 0 Å². The molecular weight excluding hydrogens is 324 g/mol. The first kappa shape index (κ1) is 18.6. The van der Waals surface area contributed by atoms with Gasteiger partial charge >= 0.3 is 0 Å². The fourth-order valence-corrected chi connectivity index (χ4v) is 4.21. The third-order valence-electron chi connectivity index (χ3n) is 5.98. The molecule has 3 rings (SSSR count). The molecule has 140 valence electrons. The number of rotatable bonds is 5. The van der Waals surface area contributed by atoms with Crippen LogP contribution >= 0.6 is 0 Å². The fourth-order valence-electron chi connectivity index (χ4n) is 4.21. The molecule has 1 aromatic carbocycles. The second kappa shape index (κ2) is 7.62. The molecule has 1 aromatic heterocycles. The molecule has 0 aliphatic heterocycles. The Labute approximate surface area is 156 Å². The van der Waals surface area contributed by atoms with Gasteiger partial charge in [-0.25, -0.2) is 4.68 Å². The minimum Gasteiger partial charge on any atom is -0.346 e. The van der Waals surface area contributed by atoms with Gasteiger partial charge in [0.15, 0.2) is 0 Å². The summed E-state index contributed by atoms with van der Waals surface area (Å²) in [5.41, 5.74) is 3.51. The Morgan fingerprint density at radius 1 is 1.15 bits per heavy atom. The van der Waals surface area contributed by atoms with E-state index in [1.165, 1.54) is 37.0 Å². The smallest absolute Gasteiger partial charge is 0.255 e. The number of hydrogen-bond donors (Lipinski definition) is 2. The number of quaternary nitrogens is 1. The third-order valence-corrected chi connectivity index (χ3v) is 5.98. The van der Waals surface area contributed by atoms with E-state index in [4.69, 9.17) is 0 Å². The number of para-hydroxylation sites is 1. The standard InChI is InChI=1S/C21H30N4O/c1-16-19(17(2)25(23-16)18-11-7-5-8-12-18)20(26)22-15-21(24(3)4)13-9-6-10-14-21/h5,7-8,11-12H,6,9-10,13-15H2,1-4H3,(H,22,26)/p+1. The highest BCUT2D eigenvalue weighted by molar-refractivity contribution is 5.96. The van der Waals surface area contributed by atoms with Gasteiger partial charge in [-0.2, -0.15) is 5.10 Å². The normalized spacial score (nSPS) is 16.7. The number of aryl methyl sites for hydroxylation is 1. The van der Waals surface area contributed by atoms with Crippen molar-refractivity contribution in [3.63, 3.8) is 0 Å². The van der Waals surface area contributed by atoms with Crippen LogP contribution in [0.25, 0.3) is 5.69 Å². The summed E-state index contributed by atoms with van der Waals surface area (Å²) < 4.78 is 1.86. The number of benzene rings is 1. The first-order chi connectivity index (χ1) is 12.4. The molecule has 0 bridgehead atoms. The number of aromatic nitrogens is 2. The van der Waals surface area contributed by atoms with Gasteiger partial charge in [-0.05, 0) is 38.8 Å². The van der Waals surface area contributed by atoms with Gasteiger partial charge < -0.3 is 10.2 Å². The maximum atomic E-state index is 13.0. The Kier molecular flexibility index (Phi) is 5.47. The second-order valence-corrected chi connectivity index (χ2v) is 7.82. The van der Waals surface area contributed by atoms with Gasteiger partial charge in [0.1, 0.15) is 5.54 Å². The molecule has 5 heteroatoms. The molecule has 1 amide bonds. The van der Waals surface area contributed by atoms with Crippen LogP contribution in [-0.4, -0.2) is 41.9 Å². The fraction of sp³-hybridized carbons (Fsp3) is 0.524. The first-order valence-corrected chi connectivity index (χ1v) is 9.65. The van der Waals surface area contributed by atoms with E-state index in [2.05, 4.69) is 24.5 Å². The van der Waals surface area contributed by atoms with Crippen LogP contribution in [0, 0.1) is 13.8 Å². The number of amides is 1. The second-order valence-electron chi connectivity index (χ2n) is 7.82. The molecule has 1 aliphatic rings. The molecule has 0 spiro atoms. The minimum absolute atomic E-state index is 0.00613. The molecule has 0 unspecified atom stereocenters. The summed E-state index contributed by atoms with van der Waals surface area (Å²) in [6.07, 6.45) is 6.18. The molecule has 0 atom stereocenters. The van der Waals surface area contributed by atoms with Crippen molar-refractivity contribution in [3.05, 3.63) is 47.3 Å². The van der Waals surface area contributed by atoms with E-state index in [9.17, 15) is 4.79 Å². The first-order valence-electron chi connectivity index (χ1n) is 9.65. The van der Waals surface area contributed by atoms with E-state index in [1.807, 2.05) is 48.9 Å². The van der Waals surface area contributed by atoms with Gasteiger partial charge in [0.05, 0.1) is 43.3 Å². The Balaban J connectivity index is 1.79. The summed E-state index contributed by atoms with van der Waals surface area (Å²) in [6, 6.07) is 9.97. The van der Waals surface area contributed by atoms with Gasteiger partial charge in [0.2, 0.25) is 0 Å². The van der Waals surface area contributed by atoms with E-state index >= 15 is 0 Å². The van der Waals surface area contributed by atoms with Crippen molar-refractivity contribution < 1.29 is 9.69 Å². The van der Waals surface area contributed by atoms with E-state index in [0.29, 0.717) is 5.56 Å². The molecule has 2 aromatic rings. The lowest BCUT2D eigenvalue weighted by molar-refractivity contribution is -0.916. The van der Waals surface area contributed by atoms with E-state index in [0.717, 1.165) is 23.6 Å². The average Bonchev–Trinajstić information content (AvgIpc) is 2.95. The zero-order valence-corrected chi connectivity index (χ0v) is 16.4. The van der Waals surface area contributed by atoms with Crippen LogP contribution < -0.4 is 10.2 Å². The van der Waals surface area contributed by atoms with Crippen molar-refractivity contribution in [3.8, 4) is 5.69 Å². The molecule has 0 radical (unpaired) electrons. The summed E-state index contributed by atoms with van der Waals surface area (Å²) in [6.45, 7) is 4.61. The SMILES string of the molecule is Cc1nn(-c2ccccc2)c(C)c1C(=O)NCC1([NH+](C)C)CCCCC1. The largest absolute Gasteiger partial charge is 0.346 e. The Morgan fingerprint density at radius 2 is 1.81 bits per heavy atom. The number of nitrogens with zero attached hydrogens (tertiary/aromatic N) is 2. The lowest BCUT2D eigenvalue weighted by Crippen LogP contribution is -3.16. The highest BCUT2D eigenvalue weighted by Gasteiger charge is 2.38. The molecular formula is C21H31N4O+. The quantitative estimate of drug-likeness (QED) is 0.863. The number of likely N-dealkylation sites (N-methyl/N-ethyl adjacent to an activating group) is 1. The van der Waals surface area contributed by atoms with Crippen LogP contribution in [-0.2, 0) is 0 Å². The summed E-state index contributed by atoms with van der Waals surface area (Å²) in [5, 5.41) is 7.82. The van der Waals surface area contributed by atoms with E-state index < -0.39 is 0 Å². The van der Waals surface area contributed by atoms with Gasteiger partial charge in [0, 0.05) is 12.8 Å². The van der Waals surface area contributed by atoms with Gasteiger partial charge in [-0.3, -0.25) is 4.79 Å². The maximum Gasteiger partial charge on any atom is 0.255 e. The van der Waals surface area contributed by atoms with Crippen molar-refractivity contribution >= 4 is 5.91 Å². The predicted molar refractivity (Wildman–Crippen MR) is 104 cm³/mol. The Bertz CT molecular complexity index is 758. The molecule has 1 saturated carbocycles. The zero-order chi connectivity index (χ0) is 18.7. The average molecular weight is 356 g/mol. The number of carbonyl (C=O) groups is 1. The molecule has 2 N–H and O–H groups in total. The van der Waals surface area contributed by atoms with Crippen LogP contribution in [0.4, 0.5) is 0 Å². The molecule has 1 fully saturated rings. The van der Waals surface area contributed by atoms with Crippen LogP contribution in [0.5, 0.6) is 0 Å². The number of nitrogens with one attached hydrogen (secondary N) is 2. The monoisotopic (exact) mass is 355 g/mol. The van der Waals surface area contributed by atoms with E-state index in [-0.39, 0.29) is 11.4 Å². The highest BCUT2D eigenvalue weighted by Crippen LogP contribution is 2.25. The van der Waals surface area contributed by atoms with Gasteiger partial charge in [0.25, 0.3) is 5.91 Å². The van der Waals surface area contributed by atoms with Crippen molar-refractivity contribution in [1.82, 2.24) is 15.1 Å². The van der Waals surface area contributed by atoms with Crippen molar-refractivity contribution in [2.75, 3.05) is 20.6 Å². The number of carbonyl (C=O) groups excluding carboxylic acids is 1. The lowest BCUT2D eigenvalue weighted by Gasteiger charge is -2.39. The third kappa shape index (κ3) is 3.54. The van der Waals surface area contributed by atoms with Crippen molar-refractivity contribution in [1.29, 1.82) is 0 Å². The van der Waals surface area contributed by atoms with Crippen LogP contribution in [0.1, 0.15) is 53.8 Å². The lowest BCUT2D eigenvalue weighted by atomic mass is 9.80. The molecule has 1 aliphatic carbocycles.